The van der Waals surface area contributed by atoms with Crippen molar-refractivity contribution >= 4 is 11.8 Å². The molecule has 0 unspecified atom stereocenters. The molecule has 0 radical (unpaired) electrons. The number of fused-ring (bicyclic) bond motifs is 2. The molecule has 3 fully saturated rings. The van der Waals surface area contributed by atoms with Crippen LogP contribution in [0.1, 0.15) is 33.6 Å². The summed E-state index contributed by atoms with van der Waals surface area (Å²) < 4.78 is 0. The Bertz CT molecular complexity index is 251. The van der Waals surface area contributed by atoms with Gasteiger partial charge in [0.25, 0.3) is 0 Å². The Hall–Kier alpha value is -0.860. The van der Waals surface area contributed by atoms with Crippen LogP contribution in [0, 0.1) is 11.8 Å². The molecule has 0 spiro atoms. The molecule has 0 N–H and O–H groups in total. The molecule has 1 saturated carbocycles. The monoisotopic (exact) mass is 181 g/mol. The largest absolute Gasteiger partial charge is 0.277 e. The van der Waals surface area contributed by atoms with E-state index in [0.29, 0.717) is 0 Å². The number of carbonyl (C=O) groups is 2. The van der Waals surface area contributed by atoms with Crippen LogP contribution in [-0.2, 0) is 9.59 Å². The van der Waals surface area contributed by atoms with E-state index in [1.807, 2.05) is 20.8 Å². The Balaban J connectivity index is 2.28. The van der Waals surface area contributed by atoms with Crippen molar-refractivity contribution in [3.8, 4) is 0 Å². The van der Waals surface area contributed by atoms with Crippen LogP contribution in [-0.4, -0.2) is 22.3 Å². The van der Waals surface area contributed by atoms with Crippen LogP contribution in [0.4, 0.5) is 0 Å². The number of imide groups is 1. The fourth-order valence-electron chi connectivity index (χ4n) is 2.16. The highest BCUT2D eigenvalue weighted by atomic mass is 16.2. The van der Waals surface area contributed by atoms with Gasteiger partial charge >= 0.3 is 0 Å². The van der Waals surface area contributed by atoms with Gasteiger partial charge in [0.2, 0.25) is 11.8 Å². The van der Waals surface area contributed by atoms with Crippen molar-refractivity contribution in [2.24, 2.45) is 11.8 Å². The molecule has 3 heteroatoms. The maximum atomic E-state index is 11.7. The highest BCUT2D eigenvalue weighted by Crippen LogP contribution is 2.43. The summed E-state index contributed by atoms with van der Waals surface area (Å²) in [7, 11) is 0. The van der Waals surface area contributed by atoms with Crippen molar-refractivity contribution in [3.63, 3.8) is 0 Å². The minimum Gasteiger partial charge on any atom is -0.277 e. The summed E-state index contributed by atoms with van der Waals surface area (Å²) >= 11 is 0. The molecule has 3 rings (SSSR count). The van der Waals surface area contributed by atoms with Gasteiger partial charge in [-0.25, -0.2) is 0 Å². The van der Waals surface area contributed by atoms with E-state index in [1.54, 1.807) is 0 Å². The second kappa shape index (κ2) is 2.34. The first-order valence-corrected chi connectivity index (χ1v) is 4.79. The van der Waals surface area contributed by atoms with Crippen molar-refractivity contribution in [1.82, 2.24) is 4.90 Å². The van der Waals surface area contributed by atoms with E-state index in [9.17, 15) is 9.59 Å². The minimum absolute atomic E-state index is 0.0417. The van der Waals surface area contributed by atoms with Crippen molar-refractivity contribution in [2.75, 3.05) is 0 Å². The third-order valence-electron chi connectivity index (χ3n) is 2.95. The molecule has 3 aliphatic rings. The Morgan fingerprint density at radius 3 is 1.69 bits per heavy atom. The van der Waals surface area contributed by atoms with Gasteiger partial charge in [-0.3, -0.25) is 14.5 Å². The van der Waals surface area contributed by atoms with Gasteiger partial charge < -0.3 is 0 Å². The zero-order chi connectivity index (χ0) is 9.80. The molecule has 2 amide bonds. The summed E-state index contributed by atoms with van der Waals surface area (Å²) in [6.07, 6.45) is 1.59. The molecular weight excluding hydrogens is 166 g/mol. The van der Waals surface area contributed by atoms with Crippen molar-refractivity contribution in [2.45, 2.75) is 39.2 Å². The maximum Gasteiger partial charge on any atom is 0.232 e. The predicted molar refractivity (Wildman–Crippen MR) is 47.8 cm³/mol. The Morgan fingerprint density at radius 1 is 1.08 bits per heavy atom. The van der Waals surface area contributed by atoms with Crippen LogP contribution in [0.25, 0.3) is 0 Å². The first-order valence-electron chi connectivity index (χ1n) is 4.79. The second-order valence-corrected chi connectivity index (χ2v) is 5.05. The van der Waals surface area contributed by atoms with Gasteiger partial charge in [-0.05, 0) is 33.6 Å². The van der Waals surface area contributed by atoms with Gasteiger partial charge in [-0.1, -0.05) is 0 Å². The van der Waals surface area contributed by atoms with Crippen LogP contribution in [0.15, 0.2) is 0 Å². The third kappa shape index (κ3) is 1.10. The molecule has 3 nitrogen and oxygen atoms in total. The summed E-state index contributed by atoms with van der Waals surface area (Å²) in [5.41, 5.74) is -0.342. The number of rotatable bonds is 0. The van der Waals surface area contributed by atoms with E-state index in [2.05, 4.69) is 0 Å². The fraction of sp³-hybridized carbons (Fsp3) is 0.800. The van der Waals surface area contributed by atoms with Crippen molar-refractivity contribution in [1.29, 1.82) is 0 Å². The lowest BCUT2D eigenvalue weighted by Gasteiger charge is -2.49. The van der Waals surface area contributed by atoms with E-state index in [1.165, 1.54) is 4.90 Å². The minimum atomic E-state index is -0.342. The molecule has 2 bridgehead atoms. The molecule has 2 saturated heterocycles. The molecule has 0 aromatic rings. The zero-order valence-electron chi connectivity index (χ0n) is 8.33. The second-order valence-electron chi connectivity index (χ2n) is 5.05. The lowest BCUT2D eigenvalue weighted by Crippen LogP contribution is -2.62. The summed E-state index contributed by atoms with van der Waals surface area (Å²) in [6.45, 7) is 5.73. The van der Waals surface area contributed by atoms with E-state index < -0.39 is 0 Å². The van der Waals surface area contributed by atoms with Crippen LogP contribution < -0.4 is 0 Å². The van der Waals surface area contributed by atoms with Crippen molar-refractivity contribution in [3.05, 3.63) is 0 Å². The zero-order valence-corrected chi connectivity index (χ0v) is 8.33. The quantitative estimate of drug-likeness (QED) is 0.526. The lowest BCUT2D eigenvalue weighted by atomic mass is 9.69. The van der Waals surface area contributed by atoms with Gasteiger partial charge in [0.1, 0.15) is 0 Å². The molecule has 2 aliphatic heterocycles. The van der Waals surface area contributed by atoms with E-state index in [0.717, 1.165) is 12.8 Å². The molecule has 0 aromatic carbocycles. The van der Waals surface area contributed by atoms with Gasteiger partial charge in [-0.15, -0.1) is 0 Å². The summed E-state index contributed by atoms with van der Waals surface area (Å²) in [6, 6.07) is 0. The highest BCUT2D eigenvalue weighted by molar-refractivity contribution is 6.03. The summed E-state index contributed by atoms with van der Waals surface area (Å²) in [5, 5.41) is 0. The fourth-order valence-corrected chi connectivity index (χ4v) is 2.16. The average Bonchev–Trinajstić information content (AvgIpc) is 1.77. The Labute approximate surface area is 78.1 Å². The highest BCUT2D eigenvalue weighted by Gasteiger charge is 2.52. The van der Waals surface area contributed by atoms with Crippen LogP contribution >= 0.6 is 0 Å². The van der Waals surface area contributed by atoms with Crippen LogP contribution in [0.3, 0.4) is 0 Å². The molecule has 0 aromatic heterocycles. The van der Waals surface area contributed by atoms with Gasteiger partial charge in [-0.2, -0.15) is 0 Å². The molecular formula is C10H15NO2. The lowest BCUT2D eigenvalue weighted by molar-refractivity contribution is -0.171. The number of amides is 2. The molecule has 2 heterocycles. The topological polar surface area (TPSA) is 37.4 Å². The van der Waals surface area contributed by atoms with E-state index in [4.69, 9.17) is 0 Å². The molecule has 72 valence electrons. The first kappa shape index (κ1) is 8.73. The van der Waals surface area contributed by atoms with E-state index >= 15 is 0 Å². The van der Waals surface area contributed by atoms with Gasteiger partial charge in [0.15, 0.2) is 0 Å². The van der Waals surface area contributed by atoms with Crippen molar-refractivity contribution < 1.29 is 9.59 Å². The smallest absolute Gasteiger partial charge is 0.232 e. The standard InChI is InChI=1S/C10H15NO2/c1-10(2,3)11-8(12)6-4-7(5-6)9(11)13/h6-7H,4-5H2,1-3H3. The van der Waals surface area contributed by atoms with Crippen LogP contribution in [0.2, 0.25) is 0 Å². The summed E-state index contributed by atoms with van der Waals surface area (Å²) in [5.74, 6) is 0.365. The normalized spacial score (nSPS) is 33.3. The number of hydrogen-bond acceptors (Lipinski definition) is 2. The van der Waals surface area contributed by atoms with Gasteiger partial charge in [0.05, 0.1) is 0 Å². The number of piperidine rings is 2. The Kier molecular flexibility index (Phi) is 1.57. The average molecular weight is 181 g/mol. The number of nitrogens with zero attached hydrogens (tertiary/aromatic N) is 1. The Morgan fingerprint density at radius 2 is 1.46 bits per heavy atom. The maximum absolute atomic E-state index is 11.7. The van der Waals surface area contributed by atoms with Crippen LogP contribution in [0.5, 0.6) is 0 Å². The number of carbonyl (C=O) groups excluding carboxylic acids is 2. The first-order chi connectivity index (χ1) is 5.91. The molecule has 13 heavy (non-hydrogen) atoms. The SMILES string of the molecule is CC(C)(C)N1C(=O)C2CC(C2)C1=O. The third-order valence-corrected chi connectivity index (χ3v) is 2.95. The summed E-state index contributed by atoms with van der Waals surface area (Å²) in [4.78, 5) is 24.9. The van der Waals surface area contributed by atoms with E-state index in [-0.39, 0.29) is 29.2 Å². The van der Waals surface area contributed by atoms with Gasteiger partial charge in [0, 0.05) is 17.4 Å². The number of hydrogen-bond donors (Lipinski definition) is 0. The predicted octanol–water partition coefficient (Wildman–Crippen LogP) is 1.18. The molecule has 0 atom stereocenters. The molecule has 1 aliphatic carbocycles.